The summed E-state index contributed by atoms with van der Waals surface area (Å²) in [5, 5.41) is 0. The standard InChI is InChI=1S/C22H25FN4O2/c1-14-7-8-16(10-24-14)21(28)26-11-17-12-27(22(29)25(2)3)20(19(17)13-26)15-5-4-6-18(23)9-15/h4-10,17,19-20H,11-13H2,1-3H3/t17-,19-,20-/m1/s1. The molecular formula is C22H25FN4O2. The Morgan fingerprint density at radius 1 is 1.14 bits per heavy atom. The second-order valence-corrected chi connectivity index (χ2v) is 8.15. The average molecular weight is 396 g/mol. The highest BCUT2D eigenvalue weighted by Crippen LogP contribution is 2.45. The van der Waals surface area contributed by atoms with Crippen molar-refractivity contribution in [3.8, 4) is 0 Å². The SMILES string of the molecule is Cc1ccc(C(=O)N2C[C@@H]3CN(C(=O)N(C)C)[C@H](c4cccc(F)c4)[C@@H]3C2)cn1. The molecule has 2 aromatic rings. The first-order valence-electron chi connectivity index (χ1n) is 9.80. The Labute approximate surface area is 169 Å². The summed E-state index contributed by atoms with van der Waals surface area (Å²) in [4.78, 5) is 35.2. The summed E-state index contributed by atoms with van der Waals surface area (Å²) < 4.78 is 13.9. The minimum Gasteiger partial charge on any atom is -0.338 e. The summed E-state index contributed by atoms with van der Waals surface area (Å²) >= 11 is 0. The number of carbonyl (C=O) groups excluding carboxylic acids is 2. The minimum absolute atomic E-state index is 0.0459. The van der Waals surface area contributed by atoms with Crippen LogP contribution in [0.25, 0.3) is 0 Å². The zero-order chi connectivity index (χ0) is 20.7. The summed E-state index contributed by atoms with van der Waals surface area (Å²) in [5.74, 6) is -0.132. The fraction of sp³-hybridized carbons (Fsp3) is 0.409. The number of rotatable bonds is 2. The number of hydrogen-bond donors (Lipinski definition) is 0. The molecule has 0 N–H and O–H groups in total. The van der Waals surface area contributed by atoms with Gasteiger partial charge in [-0.1, -0.05) is 12.1 Å². The van der Waals surface area contributed by atoms with Crippen molar-refractivity contribution in [2.24, 2.45) is 11.8 Å². The van der Waals surface area contributed by atoms with Crippen LogP contribution >= 0.6 is 0 Å². The molecule has 0 bridgehead atoms. The molecule has 3 heterocycles. The van der Waals surface area contributed by atoms with Crippen LogP contribution < -0.4 is 0 Å². The van der Waals surface area contributed by atoms with Crippen LogP contribution in [0.4, 0.5) is 9.18 Å². The van der Waals surface area contributed by atoms with E-state index in [1.54, 1.807) is 37.3 Å². The van der Waals surface area contributed by atoms with Crippen LogP contribution in [0.2, 0.25) is 0 Å². The molecule has 4 rings (SSSR count). The quantitative estimate of drug-likeness (QED) is 0.784. The number of aryl methyl sites for hydroxylation is 1. The fourth-order valence-corrected chi connectivity index (χ4v) is 4.56. The Kier molecular flexibility index (Phi) is 4.98. The zero-order valence-electron chi connectivity index (χ0n) is 16.9. The van der Waals surface area contributed by atoms with Gasteiger partial charge >= 0.3 is 6.03 Å². The van der Waals surface area contributed by atoms with E-state index in [-0.39, 0.29) is 35.6 Å². The van der Waals surface area contributed by atoms with E-state index in [0.717, 1.165) is 11.3 Å². The molecule has 7 heteroatoms. The predicted octanol–water partition coefficient (Wildman–Crippen LogP) is 2.96. The lowest BCUT2D eigenvalue weighted by atomic mass is 9.89. The first kappa shape index (κ1) is 19.4. The predicted molar refractivity (Wildman–Crippen MR) is 107 cm³/mol. The van der Waals surface area contributed by atoms with Crippen LogP contribution in [0.5, 0.6) is 0 Å². The van der Waals surface area contributed by atoms with Gasteiger partial charge in [0.2, 0.25) is 0 Å². The molecule has 2 saturated heterocycles. The van der Waals surface area contributed by atoms with Crippen molar-refractivity contribution in [1.82, 2.24) is 19.7 Å². The highest BCUT2D eigenvalue weighted by Gasteiger charge is 2.50. The fourth-order valence-electron chi connectivity index (χ4n) is 4.56. The van der Waals surface area contributed by atoms with Gasteiger partial charge in [0.15, 0.2) is 0 Å². The Morgan fingerprint density at radius 3 is 2.59 bits per heavy atom. The maximum atomic E-state index is 13.9. The van der Waals surface area contributed by atoms with Gasteiger partial charge < -0.3 is 14.7 Å². The van der Waals surface area contributed by atoms with Gasteiger partial charge in [-0.3, -0.25) is 9.78 Å². The number of fused-ring (bicyclic) bond motifs is 1. The Morgan fingerprint density at radius 2 is 1.93 bits per heavy atom. The lowest BCUT2D eigenvalue weighted by Gasteiger charge is -2.32. The molecule has 0 aliphatic carbocycles. The molecule has 2 fully saturated rings. The first-order valence-corrected chi connectivity index (χ1v) is 9.80. The number of pyridine rings is 1. The van der Waals surface area contributed by atoms with Crippen molar-refractivity contribution in [2.45, 2.75) is 13.0 Å². The van der Waals surface area contributed by atoms with E-state index in [0.29, 0.717) is 25.2 Å². The monoisotopic (exact) mass is 396 g/mol. The number of hydrogen-bond acceptors (Lipinski definition) is 3. The van der Waals surface area contributed by atoms with Crippen LogP contribution in [-0.4, -0.2) is 65.4 Å². The highest BCUT2D eigenvalue weighted by molar-refractivity contribution is 5.94. The normalized spacial score (nSPS) is 23.2. The Bertz CT molecular complexity index is 931. The van der Waals surface area contributed by atoms with Crippen molar-refractivity contribution >= 4 is 11.9 Å². The molecule has 152 valence electrons. The second-order valence-electron chi connectivity index (χ2n) is 8.15. The van der Waals surface area contributed by atoms with Gasteiger partial charge in [-0.15, -0.1) is 0 Å². The number of urea groups is 1. The molecule has 2 aliphatic heterocycles. The van der Waals surface area contributed by atoms with E-state index >= 15 is 0 Å². The van der Waals surface area contributed by atoms with Crippen LogP contribution in [0.3, 0.4) is 0 Å². The number of halogens is 1. The molecule has 3 atom stereocenters. The smallest absolute Gasteiger partial charge is 0.320 e. The van der Waals surface area contributed by atoms with E-state index in [1.807, 2.05) is 28.9 Å². The molecule has 1 aromatic carbocycles. The van der Waals surface area contributed by atoms with Crippen molar-refractivity contribution in [2.75, 3.05) is 33.7 Å². The van der Waals surface area contributed by atoms with Gasteiger partial charge in [0.1, 0.15) is 5.82 Å². The van der Waals surface area contributed by atoms with Crippen LogP contribution in [0.15, 0.2) is 42.6 Å². The number of amides is 3. The number of aromatic nitrogens is 1. The minimum atomic E-state index is -0.320. The summed E-state index contributed by atoms with van der Waals surface area (Å²) in [6.45, 7) is 3.56. The summed E-state index contributed by atoms with van der Waals surface area (Å²) in [6.07, 6.45) is 1.61. The molecule has 0 unspecified atom stereocenters. The average Bonchev–Trinajstić information content (AvgIpc) is 3.25. The van der Waals surface area contributed by atoms with Crippen molar-refractivity contribution in [3.63, 3.8) is 0 Å². The molecular weight excluding hydrogens is 371 g/mol. The van der Waals surface area contributed by atoms with Crippen molar-refractivity contribution in [1.29, 1.82) is 0 Å². The van der Waals surface area contributed by atoms with Crippen LogP contribution in [-0.2, 0) is 0 Å². The topological polar surface area (TPSA) is 56.8 Å². The molecule has 0 radical (unpaired) electrons. The summed E-state index contributed by atoms with van der Waals surface area (Å²) in [5.41, 5.74) is 2.21. The maximum Gasteiger partial charge on any atom is 0.320 e. The number of nitrogens with zero attached hydrogens (tertiary/aromatic N) is 4. The zero-order valence-corrected chi connectivity index (χ0v) is 16.9. The third kappa shape index (κ3) is 3.57. The summed E-state index contributed by atoms with van der Waals surface area (Å²) in [7, 11) is 3.44. The molecule has 2 aliphatic rings. The maximum absolute atomic E-state index is 13.9. The first-order chi connectivity index (χ1) is 13.8. The van der Waals surface area contributed by atoms with Gasteiger partial charge in [0, 0.05) is 57.5 Å². The van der Waals surface area contributed by atoms with Gasteiger partial charge in [0.25, 0.3) is 5.91 Å². The second kappa shape index (κ2) is 7.46. The van der Waals surface area contributed by atoms with Gasteiger partial charge in [0.05, 0.1) is 11.6 Å². The van der Waals surface area contributed by atoms with Crippen molar-refractivity contribution < 1.29 is 14.0 Å². The summed E-state index contributed by atoms with van der Waals surface area (Å²) in [6, 6.07) is 9.73. The van der Waals surface area contributed by atoms with Crippen LogP contribution in [0.1, 0.15) is 27.7 Å². The number of likely N-dealkylation sites (tertiary alicyclic amines) is 2. The number of benzene rings is 1. The van der Waals surface area contributed by atoms with E-state index in [2.05, 4.69) is 4.98 Å². The van der Waals surface area contributed by atoms with Crippen molar-refractivity contribution in [3.05, 3.63) is 65.2 Å². The lowest BCUT2D eigenvalue weighted by Crippen LogP contribution is -2.42. The Balaban J connectivity index is 1.61. The molecule has 6 nitrogen and oxygen atoms in total. The molecule has 0 saturated carbocycles. The van der Waals surface area contributed by atoms with E-state index in [4.69, 9.17) is 0 Å². The third-order valence-electron chi connectivity index (χ3n) is 5.93. The molecule has 1 aromatic heterocycles. The van der Waals surface area contributed by atoms with Gasteiger partial charge in [-0.25, -0.2) is 9.18 Å². The lowest BCUT2D eigenvalue weighted by molar-refractivity contribution is 0.0766. The molecule has 0 spiro atoms. The molecule has 29 heavy (non-hydrogen) atoms. The molecule has 3 amide bonds. The number of carbonyl (C=O) groups is 2. The Hall–Kier alpha value is -2.96. The van der Waals surface area contributed by atoms with Gasteiger partial charge in [-0.05, 0) is 36.8 Å². The highest BCUT2D eigenvalue weighted by atomic mass is 19.1. The van der Waals surface area contributed by atoms with E-state index in [1.165, 1.54) is 12.1 Å². The van der Waals surface area contributed by atoms with E-state index < -0.39 is 0 Å². The largest absolute Gasteiger partial charge is 0.338 e. The van der Waals surface area contributed by atoms with Crippen LogP contribution in [0, 0.1) is 24.6 Å². The van der Waals surface area contributed by atoms with E-state index in [9.17, 15) is 14.0 Å². The third-order valence-corrected chi connectivity index (χ3v) is 5.93. The van der Waals surface area contributed by atoms with Gasteiger partial charge in [-0.2, -0.15) is 0 Å².